The topological polar surface area (TPSA) is 88.5 Å². The van der Waals surface area contributed by atoms with Crippen LogP contribution in [0.2, 0.25) is 0 Å². The average Bonchev–Trinajstić information content (AvgIpc) is 3.37. The Bertz CT molecular complexity index is 792. The van der Waals surface area contributed by atoms with Gasteiger partial charge in [0.2, 0.25) is 12.7 Å². The molecule has 1 fully saturated rings. The number of aromatic nitrogens is 2. The monoisotopic (exact) mass is 356 g/mol. The number of aliphatic hydroxyl groups excluding tert-OH is 1. The van der Waals surface area contributed by atoms with Crippen molar-refractivity contribution < 1.29 is 14.6 Å². The summed E-state index contributed by atoms with van der Waals surface area (Å²) in [5.41, 5.74) is 1.91. The van der Waals surface area contributed by atoms with E-state index >= 15 is 0 Å². The molecule has 7 nitrogen and oxygen atoms in total. The molecule has 2 aliphatic rings. The van der Waals surface area contributed by atoms with E-state index in [1.807, 2.05) is 24.3 Å². The highest BCUT2D eigenvalue weighted by Gasteiger charge is 2.27. The van der Waals surface area contributed by atoms with Crippen LogP contribution >= 0.6 is 0 Å². The van der Waals surface area contributed by atoms with Crippen LogP contribution in [0.3, 0.4) is 0 Å². The molecule has 1 aliphatic heterocycles. The Morgan fingerprint density at radius 3 is 2.69 bits per heavy atom. The molecular weight excluding hydrogens is 332 g/mol. The third-order valence-electron chi connectivity index (χ3n) is 4.70. The highest BCUT2D eigenvalue weighted by Crippen LogP contribution is 2.40. The van der Waals surface area contributed by atoms with Crippen LogP contribution in [0.5, 0.6) is 11.5 Å². The maximum atomic E-state index is 9.58. The van der Waals surface area contributed by atoms with Gasteiger partial charge in [-0.2, -0.15) is 4.98 Å². The van der Waals surface area contributed by atoms with Crippen molar-refractivity contribution in [2.75, 3.05) is 24.0 Å². The molecule has 138 valence electrons. The van der Waals surface area contributed by atoms with Gasteiger partial charge in [0.25, 0.3) is 0 Å². The van der Waals surface area contributed by atoms with Gasteiger partial charge in [0.15, 0.2) is 11.5 Å². The second kappa shape index (κ2) is 6.99. The van der Waals surface area contributed by atoms with E-state index in [4.69, 9.17) is 9.47 Å². The molecule has 1 aromatic heterocycles. The number of nitrogens with one attached hydrogen (secondary N) is 2. The summed E-state index contributed by atoms with van der Waals surface area (Å²) >= 11 is 0. The number of aliphatic hydroxyl groups is 1. The lowest BCUT2D eigenvalue weighted by Crippen LogP contribution is -2.30. The molecule has 3 N–H and O–H groups in total. The first kappa shape index (κ1) is 16.9. The summed E-state index contributed by atoms with van der Waals surface area (Å²) < 4.78 is 10.8. The van der Waals surface area contributed by atoms with Crippen LogP contribution < -0.4 is 20.1 Å². The predicted molar refractivity (Wildman–Crippen MR) is 99.2 cm³/mol. The van der Waals surface area contributed by atoms with Gasteiger partial charge in [-0.05, 0) is 30.9 Å². The molecule has 0 amide bonds. The molecule has 0 unspecified atom stereocenters. The van der Waals surface area contributed by atoms with E-state index in [1.165, 1.54) is 0 Å². The zero-order chi connectivity index (χ0) is 18.1. The van der Waals surface area contributed by atoms with Crippen molar-refractivity contribution in [3.05, 3.63) is 30.0 Å². The van der Waals surface area contributed by atoms with Crippen LogP contribution in [0.1, 0.15) is 38.3 Å². The minimum atomic E-state index is -0.0807. The minimum absolute atomic E-state index is 0.0413. The van der Waals surface area contributed by atoms with Crippen molar-refractivity contribution >= 4 is 17.5 Å². The van der Waals surface area contributed by atoms with Gasteiger partial charge in [0.1, 0.15) is 5.82 Å². The van der Waals surface area contributed by atoms with Crippen LogP contribution in [-0.4, -0.2) is 34.5 Å². The fourth-order valence-electron chi connectivity index (χ4n) is 2.89. The summed E-state index contributed by atoms with van der Waals surface area (Å²) in [6, 6.07) is 7.63. The Kier molecular flexibility index (Phi) is 4.55. The van der Waals surface area contributed by atoms with Gasteiger partial charge in [-0.3, -0.25) is 0 Å². The lowest BCUT2D eigenvalue weighted by Gasteiger charge is -2.20. The molecule has 0 bridgehead atoms. The van der Waals surface area contributed by atoms with Gasteiger partial charge in [0, 0.05) is 23.7 Å². The number of benzene rings is 1. The van der Waals surface area contributed by atoms with E-state index in [0.29, 0.717) is 11.9 Å². The molecule has 7 heteroatoms. The van der Waals surface area contributed by atoms with Gasteiger partial charge in [-0.25, -0.2) is 4.98 Å². The van der Waals surface area contributed by atoms with E-state index in [0.717, 1.165) is 41.5 Å². The van der Waals surface area contributed by atoms with Gasteiger partial charge >= 0.3 is 0 Å². The molecule has 0 spiro atoms. The van der Waals surface area contributed by atoms with Crippen molar-refractivity contribution in [2.45, 2.75) is 38.6 Å². The fraction of sp³-hybridized carbons (Fsp3) is 0.474. The van der Waals surface area contributed by atoms with Crippen LogP contribution in [0.4, 0.5) is 17.5 Å². The summed E-state index contributed by atoms with van der Waals surface area (Å²) in [7, 11) is 0. The van der Waals surface area contributed by atoms with Crippen molar-refractivity contribution in [1.29, 1.82) is 0 Å². The van der Waals surface area contributed by atoms with Crippen LogP contribution in [-0.2, 0) is 0 Å². The molecule has 1 aliphatic carbocycles. The standard InChI is InChI=1S/C19H24N4O3/c1-11(2)15(9-24)22-19-21-14(12-3-4-12)8-18(23-19)20-13-5-6-16-17(7-13)26-10-25-16/h5-8,11-12,15,24H,3-4,9-10H2,1-2H3,(H2,20,21,22,23)/t15-/m0/s1. The molecule has 2 aromatic rings. The largest absolute Gasteiger partial charge is 0.454 e. The Hall–Kier alpha value is -2.54. The van der Waals surface area contributed by atoms with Crippen LogP contribution in [0.25, 0.3) is 0 Å². The summed E-state index contributed by atoms with van der Waals surface area (Å²) in [5.74, 6) is 3.53. The Labute approximate surface area is 152 Å². The van der Waals surface area contributed by atoms with Gasteiger partial charge in [0.05, 0.1) is 18.3 Å². The molecule has 0 radical (unpaired) electrons. The van der Waals surface area contributed by atoms with Gasteiger partial charge < -0.3 is 25.2 Å². The summed E-state index contributed by atoms with van der Waals surface area (Å²) in [6.45, 7) is 4.42. The van der Waals surface area contributed by atoms with Crippen LogP contribution in [0, 0.1) is 5.92 Å². The Balaban J connectivity index is 1.58. The third-order valence-corrected chi connectivity index (χ3v) is 4.70. The highest BCUT2D eigenvalue weighted by atomic mass is 16.7. The van der Waals surface area contributed by atoms with Crippen molar-refractivity contribution in [1.82, 2.24) is 9.97 Å². The predicted octanol–water partition coefficient (Wildman–Crippen LogP) is 3.26. The average molecular weight is 356 g/mol. The van der Waals surface area contributed by atoms with E-state index in [9.17, 15) is 5.11 Å². The lowest BCUT2D eigenvalue weighted by atomic mass is 10.1. The molecule has 1 saturated carbocycles. The van der Waals surface area contributed by atoms with E-state index in [2.05, 4.69) is 34.4 Å². The van der Waals surface area contributed by atoms with E-state index < -0.39 is 0 Å². The number of fused-ring (bicyclic) bond motifs is 1. The molecule has 1 aromatic carbocycles. The van der Waals surface area contributed by atoms with Gasteiger partial charge in [-0.1, -0.05) is 13.8 Å². The summed E-state index contributed by atoms with van der Waals surface area (Å²) in [6.07, 6.45) is 2.32. The number of ether oxygens (including phenoxy) is 2. The first-order valence-corrected chi connectivity index (χ1v) is 9.05. The number of hydrogen-bond acceptors (Lipinski definition) is 7. The van der Waals surface area contributed by atoms with Crippen molar-refractivity contribution in [3.63, 3.8) is 0 Å². The fourth-order valence-corrected chi connectivity index (χ4v) is 2.89. The molecule has 4 rings (SSSR count). The molecular formula is C19H24N4O3. The summed E-state index contributed by atoms with van der Waals surface area (Å²) in [4.78, 5) is 9.23. The zero-order valence-electron chi connectivity index (χ0n) is 15.0. The van der Waals surface area contributed by atoms with E-state index in [-0.39, 0.29) is 25.4 Å². The minimum Gasteiger partial charge on any atom is -0.454 e. The maximum Gasteiger partial charge on any atom is 0.231 e. The molecule has 1 atom stereocenters. The Morgan fingerprint density at radius 2 is 1.96 bits per heavy atom. The summed E-state index contributed by atoms with van der Waals surface area (Å²) in [5, 5.41) is 16.2. The number of anilines is 3. The van der Waals surface area contributed by atoms with Crippen molar-refractivity contribution in [3.8, 4) is 11.5 Å². The number of rotatable bonds is 7. The second-order valence-electron chi connectivity index (χ2n) is 7.15. The van der Waals surface area contributed by atoms with Gasteiger partial charge in [-0.15, -0.1) is 0 Å². The molecule has 0 saturated heterocycles. The Morgan fingerprint density at radius 1 is 1.15 bits per heavy atom. The quantitative estimate of drug-likeness (QED) is 0.702. The smallest absolute Gasteiger partial charge is 0.231 e. The maximum absolute atomic E-state index is 9.58. The first-order valence-electron chi connectivity index (χ1n) is 9.05. The zero-order valence-corrected chi connectivity index (χ0v) is 15.0. The van der Waals surface area contributed by atoms with Crippen LogP contribution in [0.15, 0.2) is 24.3 Å². The molecule has 2 heterocycles. The lowest BCUT2D eigenvalue weighted by molar-refractivity contribution is 0.174. The second-order valence-corrected chi connectivity index (χ2v) is 7.15. The third kappa shape index (κ3) is 3.67. The SMILES string of the molecule is CC(C)[C@H](CO)Nc1nc(Nc2ccc3c(c2)OCO3)cc(C2CC2)n1. The number of hydrogen-bond donors (Lipinski definition) is 3. The molecule has 26 heavy (non-hydrogen) atoms. The first-order chi connectivity index (χ1) is 12.6. The van der Waals surface area contributed by atoms with Crippen molar-refractivity contribution in [2.24, 2.45) is 5.92 Å². The normalized spacial score (nSPS) is 16.6. The highest BCUT2D eigenvalue weighted by molar-refractivity contribution is 5.63. The van der Waals surface area contributed by atoms with E-state index in [1.54, 1.807) is 0 Å². The number of nitrogens with zero attached hydrogens (tertiary/aromatic N) is 2.